The van der Waals surface area contributed by atoms with Gasteiger partial charge in [0.15, 0.2) is 6.61 Å². The van der Waals surface area contributed by atoms with Gasteiger partial charge in [0.25, 0.3) is 5.91 Å². The van der Waals surface area contributed by atoms with Gasteiger partial charge in [-0.25, -0.2) is 8.78 Å². The van der Waals surface area contributed by atoms with Gasteiger partial charge in [-0.3, -0.25) is 14.6 Å². The number of ether oxygens (including phenoxy) is 2. The van der Waals surface area contributed by atoms with Gasteiger partial charge < -0.3 is 20.1 Å². The van der Waals surface area contributed by atoms with Gasteiger partial charge in [0, 0.05) is 24.2 Å². The van der Waals surface area contributed by atoms with Crippen LogP contribution in [0.2, 0.25) is 5.02 Å². The third kappa shape index (κ3) is 6.51. The Morgan fingerprint density at radius 2 is 1.78 bits per heavy atom. The number of carbonyl (C=O) groups is 2. The molecule has 3 saturated carbocycles. The summed E-state index contributed by atoms with van der Waals surface area (Å²) in [6, 6.07) is 2.04. The molecule has 3 fully saturated rings. The summed E-state index contributed by atoms with van der Waals surface area (Å²) in [5.74, 6) is -1.58. The Hall–Kier alpha value is -2.47. The lowest BCUT2D eigenvalue weighted by Crippen LogP contribution is -2.69. The molecule has 2 unspecified atom stereocenters. The molecule has 37 heavy (non-hydrogen) atoms. The van der Waals surface area contributed by atoms with Crippen LogP contribution in [0, 0.1) is 5.82 Å². The first kappa shape index (κ1) is 27.6. The highest BCUT2D eigenvalue weighted by Gasteiger charge is 2.56. The smallest absolute Gasteiger partial charge is 0.410 e. The van der Waals surface area contributed by atoms with Crippen LogP contribution < -0.4 is 15.4 Å². The fourth-order valence-corrected chi connectivity index (χ4v) is 5.32. The molecule has 0 spiro atoms. The van der Waals surface area contributed by atoms with Crippen molar-refractivity contribution in [2.45, 2.75) is 80.5 Å². The Labute approximate surface area is 215 Å². The van der Waals surface area contributed by atoms with Crippen molar-refractivity contribution < 1.29 is 41.0 Å². The molecule has 1 aromatic carbocycles. The van der Waals surface area contributed by atoms with Crippen molar-refractivity contribution in [2.24, 2.45) is 4.99 Å². The Kier molecular flexibility index (Phi) is 7.99. The summed E-state index contributed by atoms with van der Waals surface area (Å²) in [5.41, 5.74) is -1.87. The summed E-state index contributed by atoms with van der Waals surface area (Å²) in [6.45, 7) is -0.806. The van der Waals surface area contributed by atoms with Gasteiger partial charge in [-0.05, 0) is 50.7 Å². The number of aliphatic imine (C=N–C) groups is 1. The van der Waals surface area contributed by atoms with Crippen molar-refractivity contribution in [1.82, 2.24) is 10.6 Å². The molecule has 204 valence electrons. The quantitative estimate of drug-likeness (QED) is 0.477. The summed E-state index contributed by atoms with van der Waals surface area (Å²) in [4.78, 5) is 28.4. The number of benzene rings is 1. The molecular formula is C24H27ClF5N3O4. The number of rotatable bonds is 8. The van der Waals surface area contributed by atoms with E-state index in [0.29, 0.717) is 25.7 Å². The van der Waals surface area contributed by atoms with Crippen molar-refractivity contribution in [2.75, 3.05) is 13.2 Å². The fraction of sp³-hybridized carbons (Fsp3) is 0.625. The van der Waals surface area contributed by atoms with Crippen molar-refractivity contribution in [3.05, 3.63) is 29.0 Å². The van der Waals surface area contributed by atoms with E-state index in [-0.39, 0.29) is 36.6 Å². The molecule has 13 heteroatoms. The lowest BCUT2D eigenvalue weighted by molar-refractivity contribution is -0.151. The van der Waals surface area contributed by atoms with E-state index >= 15 is 4.39 Å². The molecule has 3 atom stereocenters. The van der Waals surface area contributed by atoms with E-state index in [0.717, 1.165) is 12.3 Å². The molecule has 3 aliphatic carbocycles. The van der Waals surface area contributed by atoms with Crippen LogP contribution in [0.3, 0.4) is 0 Å². The first-order chi connectivity index (χ1) is 17.4. The van der Waals surface area contributed by atoms with Gasteiger partial charge in [-0.1, -0.05) is 11.6 Å². The number of carbonyl (C=O) groups excluding carboxylic acids is 2. The van der Waals surface area contributed by atoms with Crippen molar-refractivity contribution in [3.63, 3.8) is 0 Å². The monoisotopic (exact) mass is 551 g/mol. The molecule has 1 aliphatic heterocycles. The standard InChI is InChI=1S/C24H27ClF5N3O4/c25-16-3-1-14(9-17(16)26)36-12-20(34)32-22-5-7-23(8-6-22,18(27)10-22)33-21(35)13-37-15-2-4-19(31-11-15)24(28,29)30/h1,3,9,11,15,18-19H,2,4-8,10,12-13H2,(H,32,34)(H,33,35)/t15?,18-,19?,22?,23?/m0/s1. The number of hydrogen-bond donors (Lipinski definition) is 2. The van der Waals surface area contributed by atoms with E-state index in [2.05, 4.69) is 15.6 Å². The van der Waals surface area contributed by atoms with Crippen LogP contribution in [0.1, 0.15) is 44.9 Å². The zero-order valence-corrected chi connectivity index (χ0v) is 20.5. The molecule has 0 saturated heterocycles. The second kappa shape index (κ2) is 10.7. The van der Waals surface area contributed by atoms with Crippen LogP contribution in [0.15, 0.2) is 23.2 Å². The van der Waals surface area contributed by atoms with Gasteiger partial charge in [-0.15, -0.1) is 0 Å². The molecule has 7 nitrogen and oxygen atoms in total. The largest absolute Gasteiger partial charge is 0.484 e. The number of fused-ring (bicyclic) bond motifs is 3. The summed E-state index contributed by atoms with van der Waals surface area (Å²) >= 11 is 5.62. The minimum atomic E-state index is -4.41. The van der Waals surface area contributed by atoms with E-state index in [9.17, 15) is 27.2 Å². The zero-order chi connectivity index (χ0) is 26.8. The van der Waals surface area contributed by atoms with Crippen LogP contribution >= 0.6 is 11.6 Å². The maximum atomic E-state index is 15.3. The highest BCUT2D eigenvalue weighted by molar-refractivity contribution is 6.30. The van der Waals surface area contributed by atoms with E-state index in [1.54, 1.807) is 0 Å². The van der Waals surface area contributed by atoms with E-state index in [1.165, 1.54) is 12.1 Å². The lowest BCUT2D eigenvalue weighted by Gasteiger charge is -2.55. The Bertz CT molecular complexity index is 1050. The van der Waals surface area contributed by atoms with Crippen molar-refractivity contribution >= 4 is 29.6 Å². The second-order valence-corrected chi connectivity index (χ2v) is 10.3. The highest BCUT2D eigenvalue weighted by atomic mass is 35.5. The summed E-state index contributed by atoms with van der Waals surface area (Å²) in [6.07, 6.45) is -4.16. The van der Waals surface area contributed by atoms with Crippen molar-refractivity contribution in [1.29, 1.82) is 0 Å². The predicted octanol–water partition coefficient (Wildman–Crippen LogP) is 4.06. The van der Waals surface area contributed by atoms with Gasteiger partial charge in [-0.2, -0.15) is 13.2 Å². The van der Waals surface area contributed by atoms with E-state index < -0.39 is 59.8 Å². The summed E-state index contributed by atoms with van der Waals surface area (Å²) in [5, 5.41) is 5.49. The first-order valence-electron chi connectivity index (χ1n) is 12.0. The number of halogens is 6. The van der Waals surface area contributed by atoms with Gasteiger partial charge in [0.2, 0.25) is 5.91 Å². The second-order valence-electron chi connectivity index (χ2n) is 9.85. The van der Waals surface area contributed by atoms with Gasteiger partial charge in [0.1, 0.15) is 30.4 Å². The Morgan fingerprint density at radius 1 is 1.08 bits per heavy atom. The molecule has 2 amide bonds. The number of alkyl halides is 4. The summed E-state index contributed by atoms with van der Waals surface area (Å²) < 4.78 is 77.6. The number of nitrogens with one attached hydrogen (secondary N) is 2. The van der Waals surface area contributed by atoms with Crippen LogP contribution in [0.5, 0.6) is 5.75 Å². The molecule has 0 radical (unpaired) electrons. The molecule has 1 aromatic rings. The molecule has 1 heterocycles. The van der Waals surface area contributed by atoms with Crippen LogP contribution in [-0.2, 0) is 14.3 Å². The van der Waals surface area contributed by atoms with Gasteiger partial charge in [0.05, 0.1) is 16.7 Å². The van der Waals surface area contributed by atoms with Crippen molar-refractivity contribution in [3.8, 4) is 5.75 Å². The minimum Gasteiger partial charge on any atom is -0.484 e. The number of amides is 2. The van der Waals surface area contributed by atoms with E-state index in [4.69, 9.17) is 21.1 Å². The van der Waals surface area contributed by atoms with Crippen LogP contribution in [-0.4, -0.2) is 66.8 Å². The fourth-order valence-electron chi connectivity index (χ4n) is 5.20. The molecule has 5 rings (SSSR count). The number of hydrogen-bond acceptors (Lipinski definition) is 5. The molecule has 4 aliphatic rings. The third-order valence-electron chi connectivity index (χ3n) is 7.29. The number of nitrogens with zero attached hydrogens (tertiary/aromatic N) is 1. The topological polar surface area (TPSA) is 89.0 Å². The maximum absolute atomic E-state index is 15.3. The van der Waals surface area contributed by atoms with Gasteiger partial charge >= 0.3 is 6.18 Å². The maximum Gasteiger partial charge on any atom is 0.410 e. The minimum absolute atomic E-state index is 0.00354. The highest BCUT2D eigenvalue weighted by Crippen LogP contribution is 2.48. The van der Waals surface area contributed by atoms with E-state index in [1.807, 2.05) is 0 Å². The SMILES string of the molecule is O=C(COc1ccc(Cl)c(F)c1)NC12CCC(NC(=O)COC3C=NC(C(F)(F)F)CC3)(CC1)[C@@H](F)C2. The summed E-state index contributed by atoms with van der Waals surface area (Å²) in [7, 11) is 0. The lowest BCUT2D eigenvalue weighted by atomic mass is 9.60. The normalized spacial score (nSPS) is 31.1. The average molecular weight is 552 g/mol. The Morgan fingerprint density at radius 3 is 2.38 bits per heavy atom. The molecule has 2 N–H and O–H groups in total. The molecule has 0 aromatic heterocycles. The van der Waals surface area contributed by atoms with Crippen LogP contribution in [0.4, 0.5) is 22.0 Å². The zero-order valence-electron chi connectivity index (χ0n) is 19.8. The predicted molar refractivity (Wildman–Crippen MR) is 124 cm³/mol. The Balaban J connectivity index is 1.23. The molecular weight excluding hydrogens is 525 g/mol. The molecule has 2 bridgehead atoms. The first-order valence-corrected chi connectivity index (χ1v) is 12.3. The van der Waals surface area contributed by atoms with Crippen LogP contribution in [0.25, 0.3) is 0 Å². The third-order valence-corrected chi connectivity index (χ3v) is 7.59. The average Bonchev–Trinajstić information content (AvgIpc) is 2.84.